The molecular formula is C15H22O4. The van der Waals surface area contributed by atoms with Gasteiger partial charge in [0.25, 0.3) is 0 Å². The summed E-state index contributed by atoms with van der Waals surface area (Å²) in [5.74, 6) is 1.00. The molecule has 19 heavy (non-hydrogen) atoms. The molecule has 0 fully saturated rings. The molecule has 0 radical (unpaired) electrons. The van der Waals surface area contributed by atoms with E-state index in [0.29, 0.717) is 37.1 Å². The van der Waals surface area contributed by atoms with Crippen LogP contribution in [-0.4, -0.2) is 39.3 Å². The number of benzene rings is 1. The van der Waals surface area contributed by atoms with Gasteiger partial charge in [-0.15, -0.1) is 0 Å². The van der Waals surface area contributed by atoms with Crippen LogP contribution in [-0.2, 0) is 9.47 Å². The lowest BCUT2D eigenvalue weighted by molar-refractivity contribution is 0.0363. The fraction of sp³-hybridized carbons (Fsp3) is 0.533. The Kier molecular flexibility index (Phi) is 7.15. The molecule has 0 aliphatic carbocycles. The highest BCUT2D eigenvalue weighted by atomic mass is 16.5. The lowest BCUT2D eigenvalue weighted by Crippen LogP contribution is -2.14. The topological polar surface area (TPSA) is 44.8 Å². The van der Waals surface area contributed by atoms with Crippen LogP contribution in [0, 0.1) is 5.92 Å². The summed E-state index contributed by atoms with van der Waals surface area (Å²) >= 11 is 0. The van der Waals surface area contributed by atoms with Crippen molar-refractivity contribution < 1.29 is 19.0 Å². The van der Waals surface area contributed by atoms with Crippen LogP contribution in [0.5, 0.6) is 5.75 Å². The summed E-state index contributed by atoms with van der Waals surface area (Å²) in [6, 6.07) is 7.14. The Labute approximate surface area is 114 Å². The van der Waals surface area contributed by atoms with Crippen LogP contribution in [0.25, 0.3) is 0 Å². The highest BCUT2D eigenvalue weighted by Crippen LogP contribution is 2.17. The monoisotopic (exact) mass is 266 g/mol. The summed E-state index contributed by atoms with van der Waals surface area (Å²) < 4.78 is 15.8. The summed E-state index contributed by atoms with van der Waals surface area (Å²) in [5.41, 5.74) is 0.549. The Morgan fingerprint density at radius 2 is 1.84 bits per heavy atom. The molecule has 0 atom stereocenters. The second-order valence-electron chi connectivity index (χ2n) is 4.64. The standard InChI is InChI=1S/C15H22O4/c1-12(2)10-18-8-9-19-11-14(16)13-6-4-5-7-15(13)17-3/h4-7,12H,8-11H2,1-3H3. The van der Waals surface area contributed by atoms with E-state index in [1.54, 1.807) is 19.2 Å². The largest absolute Gasteiger partial charge is 0.496 e. The maximum Gasteiger partial charge on any atom is 0.192 e. The van der Waals surface area contributed by atoms with E-state index in [4.69, 9.17) is 14.2 Å². The number of rotatable bonds is 9. The molecule has 4 nitrogen and oxygen atoms in total. The van der Waals surface area contributed by atoms with Crippen molar-refractivity contribution in [1.82, 2.24) is 0 Å². The third-order valence-electron chi connectivity index (χ3n) is 2.46. The molecule has 0 aromatic heterocycles. The van der Waals surface area contributed by atoms with Gasteiger partial charge in [-0.25, -0.2) is 0 Å². The van der Waals surface area contributed by atoms with Gasteiger partial charge in [0.05, 0.1) is 25.9 Å². The smallest absolute Gasteiger partial charge is 0.192 e. The minimum absolute atomic E-state index is 0.0470. The van der Waals surface area contributed by atoms with E-state index >= 15 is 0 Å². The van der Waals surface area contributed by atoms with E-state index in [1.807, 2.05) is 12.1 Å². The fourth-order valence-corrected chi connectivity index (χ4v) is 1.55. The molecule has 1 aromatic carbocycles. The SMILES string of the molecule is COc1ccccc1C(=O)COCCOCC(C)C. The molecule has 0 unspecified atom stereocenters. The van der Waals surface area contributed by atoms with Crippen molar-refractivity contribution in [1.29, 1.82) is 0 Å². The van der Waals surface area contributed by atoms with Crippen LogP contribution < -0.4 is 4.74 Å². The predicted molar refractivity (Wildman–Crippen MR) is 73.8 cm³/mol. The Balaban J connectivity index is 2.28. The van der Waals surface area contributed by atoms with Crippen molar-refractivity contribution in [3.05, 3.63) is 29.8 Å². The lowest BCUT2D eigenvalue weighted by Gasteiger charge is -2.09. The minimum Gasteiger partial charge on any atom is -0.496 e. The van der Waals surface area contributed by atoms with Gasteiger partial charge in [-0.05, 0) is 18.1 Å². The van der Waals surface area contributed by atoms with E-state index in [9.17, 15) is 4.79 Å². The molecule has 0 aliphatic heterocycles. The highest BCUT2D eigenvalue weighted by Gasteiger charge is 2.11. The van der Waals surface area contributed by atoms with Gasteiger partial charge in [-0.1, -0.05) is 26.0 Å². The molecule has 1 aromatic rings. The molecular weight excluding hydrogens is 244 g/mol. The van der Waals surface area contributed by atoms with Gasteiger partial charge in [-0.3, -0.25) is 4.79 Å². The molecule has 0 aliphatic rings. The maximum absolute atomic E-state index is 11.9. The van der Waals surface area contributed by atoms with E-state index in [0.717, 1.165) is 0 Å². The quantitative estimate of drug-likeness (QED) is 0.509. The second kappa shape index (κ2) is 8.67. The normalized spacial score (nSPS) is 10.7. The molecule has 0 saturated carbocycles. The Morgan fingerprint density at radius 1 is 1.16 bits per heavy atom. The molecule has 1 rings (SSSR count). The average Bonchev–Trinajstić information content (AvgIpc) is 2.42. The number of Topliss-reactive ketones (excluding diaryl/α,β-unsaturated/α-hetero) is 1. The zero-order valence-electron chi connectivity index (χ0n) is 11.8. The minimum atomic E-state index is -0.0821. The fourth-order valence-electron chi connectivity index (χ4n) is 1.55. The maximum atomic E-state index is 11.9. The summed E-state index contributed by atoms with van der Waals surface area (Å²) in [4.78, 5) is 11.9. The zero-order valence-corrected chi connectivity index (χ0v) is 11.8. The Morgan fingerprint density at radius 3 is 2.53 bits per heavy atom. The van der Waals surface area contributed by atoms with Gasteiger partial charge >= 0.3 is 0 Å². The Hall–Kier alpha value is -1.39. The van der Waals surface area contributed by atoms with Crippen LogP contribution in [0.3, 0.4) is 0 Å². The first-order chi connectivity index (χ1) is 9.15. The van der Waals surface area contributed by atoms with Crippen molar-refractivity contribution in [2.24, 2.45) is 5.92 Å². The highest BCUT2D eigenvalue weighted by molar-refractivity contribution is 5.99. The van der Waals surface area contributed by atoms with E-state index in [-0.39, 0.29) is 12.4 Å². The number of carbonyl (C=O) groups excluding carboxylic acids is 1. The number of hydrogen-bond acceptors (Lipinski definition) is 4. The molecule has 0 amide bonds. The summed E-state index contributed by atoms with van der Waals surface area (Å²) in [5, 5.41) is 0. The van der Waals surface area contributed by atoms with Crippen LogP contribution in [0.15, 0.2) is 24.3 Å². The van der Waals surface area contributed by atoms with E-state index < -0.39 is 0 Å². The van der Waals surface area contributed by atoms with Crippen molar-refractivity contribution in [2.75, 3.05) is 33.5 Å². The van der Waals surface area contributed by atoms with Crippen molar-refractivity contribution in [3.63, 3.8) is 0 Å². The Bertz CT molecular complexity index is 387. The third kappa shape index (κ3) is 5.85. The second-order valence-corrected chi connectivity index (χ2v) is 4.64. The number of carbonyl (C=O) groups is 1. The summed E-state index contributed by atoms with van der Waals surface area (Å²) in [6.45, 7) is 5.87. The van der Waals surface area contributed by atoms with Crippen LogP contribution in [0.4, 0.5) is 0 Å². The number of para-hydroxylation sites is 1. The number of methoxy groups -OCH3 is 1. The van der Waals surface area contributed by atoms with Gasteiger partial charge in [-0.2, -0.15) is 0 Å². The van der Waals surface area contributed by atoms with Crippen molar-refractivity contribution in [3.8, 4) is 5.75 Å². The average molecular weight is 266 g/mol. The zero-order chi connectivity index (χ0) is 14.1. The lowest BCUT2D eigenvalue weighted by atomic mass is 10.1. The molecule has 0 bridgehead atoms. The molecule has 0 saturated heterocycles. The van der Waals surface area contributed by atoms with Crippen molar-refractivity contribution in [2.45, 2.75) is 13.8 Å². The van der Waals surface area contributed by atoms with Crippen LogP contribution >= 0.6 is 0 Å². The number of ether oxygens (including phenoxy) is 3. The molecule has 4 heteroatoms. The van der Waals surface area contributed by atoms with Gasteiger partial charge in [0.15, 0.2) is 5.78 Å². The van der Waals surface area contributed by atoms with Gasteiger partial charge < -0.3 is 14.2 Å². The first kappa shape index (κ1) is 15.7. The molecule has 106 valence electrons. The third-order valence-corrected chi connectivity index (χ3v) is 2.46. The summed E-state index contributed by atoms with van der Waals surface area (Å²) in [6.07, 6.45) is 0. The van der Waals surface area contributed by atoms with Crippen molar-refractivity contribution >= 4 is 5.78 Å². The predicted octanol–water partition coefficient (Wildman–Crippen LogP) is 2.57. The van der Waals surface area contributed by atoms with E-state index in [1.165, 1.54) is 0 Å². The van der Waals surface area contributed by atoms with E-state index in [2.05, 4.69) is 13.8 Å². The van der Waals surface area contributed by atoms with Crippen LogP contribution in [0.1, 0.15) is 24.2 Å². The van der Waals surface area contributed by atoms with Crippen LogP contribution in [0.2, 0.25) is 0 Å². The molecule has 0 heterocycles. The van der Waals surface area contributed by atoms with Gasteiger partial charge in [0.1, 0.15) is 12.4 Å². The van der Waals surface area contributed by atoms with Gasteiger partial charge in [0.2, 0.25) is 0 Å². The van der Waals surface area contributed by atoms with Gasteiger partial charge in [0, 0.05) is 6.61 Å². The number of ketones is 1. The summed E-state index contributed by atoms with van der Waals surface area (Å²) in [7, 11) is 1.55. The number of hydrogen-bond donors (Lipinski definition) is 0. The molecule has 0 spiro atoms. The molecule has 0 N–H and O–H groups in total. The first-order valence-electron chi connectivity index (χ1n) is 6.47. The first-order valence-corrected chi connectivity index (χ1v) is 6.47.